The zero-order chi connectivity index (χ0) is 14.0. The van der Waals surface area contributed by atoms with Crippen molar-refractivity contribution in [1.82, 2.24) is 5.32 Å². The Morgan fingerprint density at radius 1 is 1.11 bits per heavy atom. The summed E-state index contributed by atoms with van der Waals surface area (Å²) in [6, 6.07) is 9.41. The van der Waals surface area contributed by atoms with E-state index >= 15 is 0 Å². The molecule has 1 unspecified atom stereocenters. The molecule has 0 aromatic heterocycles. The van der Waals surface area contributed by atoms with Gasteiger partial charge in [0.25, 0.3) is 0 Å². The van der Waals surface area contributed by atoms with Gasteiger partial charge >= 0.3 is 0 Å². The quantitative estimate of drug-likeness (QED) is 0.811. The fourth-order valence-electron chi connectivity index (χ4n) is 2.43. The number of rotatable bonds is 2. The Bertz CT molecular complexity index is 497. The number of hydrogen-bond acceptors (Lipinski definition) is 1. The van der Waals surface area contributed by atoms with Gasteiger partial charge in [-0.2, -0.15) is 0 Å². The minimum atomic E-state index is 0.221. The maximum atomic E-state index is 3.49. The van der Waals surface area contributed by atoms with E-state index in [2.05, 4.69) is 76.4 Å². The second-order valence-electron chi connectivity index (χ2n) is 6.41. The van der Waals surface area contributed by atoms with Crippen LogP contribution in [0.5, 0.6) is 0 Å². The molecule has 1 nitrogen and oxygen atoms in total. The van der Waals surface area contributed by atoms with Gasteiger partial charge in [0.05, 0.1) is 0 Å². The molecule has 0 bridgehead atoms. The Hall–Kier alpha value is -1.50. The molecule has 1 heterocycles. The second-order valence-corrected chi connectivity index (χ2v) is 6.41. The van der Waals surface area contributed by atoms with E-state index in [1.54, 1.807) is 0 Å². The molecule has 2 rings (SSSR count). The zero-order valence-electron chi connectivity index (χ0n) is 12.7. The van der Waals surface area contributed by atoms with Gasteiger partial charge in [-0.05, 0) is 41.5 Å². The molecule has 0 saturated heterocycles. The van der Waals surface area contributed by atoms with Crippen LogP contribution in [-0.2, 0) is 5.41 Å². The van der Waals surface area contributed by atoms with Crippen LogP contribution in [0.25, 0.3) is 5.57 Å². The lowest BCUT2D eigenvalue weighted by atomic mass is 9.86. The molecule has 19 heavy (non-hydrogen) atoms. The summed E-state index contributed by atoms with van der Waals surface area (Å²) >= 11 is 0. The average Bonchev–Trinajstić information content (AvgIpc) is 2.37. The lowest BCUT2D eigenvalue weighted by Crippen LogP contribution is -2.26. The molecule has 1 N–H and O–H groups in total. The van der Waals surface area contributed by atoms with Gasteiger partial charge in [-0.3, -0.25) is 0 Å². The zero-order valence-corrected chi connectivity index (χ0v) is 12.7. The standard InChI is InChI=1S/C18H25N/c1-6-17-12-15(11-13(2)19-17)14-7-9-16(10-8-14)18(3,4)5/h7-13,19H,6H2,1-5H3. The van der Waals surface area contributed by atoms with Gasteiger partial charge in [-0.15, -0.1) is 0 Å². The van der Waals surface area contributed by atoms with Crippen molar-refractivity contribution in [1.29, 1.82) is 0 Å². The summed E-state index contributed by atoms with van der Waals surface area (Å²) < 4.78 is 0. The summed E-state index contributed by atoms with van der Waals surface area (Å²) in [5.74, 6) is 0. The highest BCUT2D eigenvalue weighted by atomic mass is 14.9. The fourth-order valence-corrected chi connectivity index (χ4v) is 2.43. The lowest BCUT2D eigenvalue weighted by Gasteiger charge is -2.22. The minimum Gasteiger partial charge on any atom is -0.382 e. The monoisotopic (exact) mass is 255 g/mol. The topological polar surface area (TPSA) is 12.0 Å². The van der Waals surface area contributed by atoms with E-state index in [1.807, 2.05) is 0 Å². The number of benzene rings is 1. The van der Waals surface area contributed by atoms with Crippen LogP contribution in [0.3, 0.4) is 0 Å². The first-order chi connectivity index (χ1) is 8.90. The second kappa shape index (κ2) is 5.24. The van der Waals surface area contributed by atoms with Crippen molar-refractivity contribution in [3.8, 4) is 0 Å². The van der Waals surface area contributed by atoms with E-state index < -0.39 is 0 Å². The van der Waals surface area contributed by atoms with E-state index in [-0.39, 0.29) is 5.41 Å². The van der Waals surface area contributed by atoms with E-state index in [9.17, 15) is 0 Å². The molecular formula is C18H25N. The first-order valence-corrected chi connectivity index (χ1v) is 7.20. The van der Waals surface area contributed by atoms with Gasteiger partial charge < -0.3 is 5.32 Å². The van der Waals surface area contributed by atoms with Crippen molar-refractivity contribution in [3.63, 3.8) is 0 Å². The van der Waals surface area contributed by atoms with Crippen LogP contribution in [0.15, 0.2) is 42.1 Å². The number of dihydropyridines is 1. The highest BCUT2D eigenvalue weighted by Gasteiger charge is 2.14. The highest BCUT2D eigenvalue weighted by Crippen LogP contribution is 2.26. The van der Waals surface area contributed by atoms with Crippen LogP contribution in [0.2, 0.25) is 0 Å². The molecule has 0 fully saturated rings. The smallest absolute Gasteiger partial charge is 0.0422 e. The molecule has 1 heteroatoms. The minimum absolute atomic E-state index is 0.221. The van der Waals surface area contributed by atoms with Gasteiger partial charge in [0, 0.05) is 11.7 Å². The summed E-state index contributed by atoms with van der Waals surface area (Å²) in [6.07, 6.45) is 5.62. The Morgan fingerprint density at radius 2 is 1.74 bits per heavy atom. The van der Waals surface area contributed by atoms with Gasteiger partial charge in [0.2, 0.25) is 0 Å². The summed E-state index contributed by atoms with van der Waals surface area (Å²) in [5.41, 5.74) is 5.58. The Balaban J connectivity index is 2.30. The number of hydrogen-bond donors (Lipinski definition) is 1. The normalized spacial score (nSPS) is 19.5. The van der Waals surface area contributed by atoms with E-state index in [0.29, 0.717) is 6.04 Å². The lowest BCUT2D eigenvalue weighted by molar-refractivity contribution is 0.590. The molecule has 1 aromatic carbocycles. The molecular weight excluding hydrogens is 230 g/mol. The van der Waals surface area contributed by atoms with Crippen molar-refractivity contribution in [3.05, 3.63) is 53.2 Å². The maximum Gasteiger partial charge on any atom is 0.0422 e. The van der Waals surface area contributed by atoms with Gasteiger partial charge in [0.15, 0.2) is 0 Å². The summed E-state index contributed by atoms with van der Waals surface area (Å²) in [7, 11) is 0. The molecule has 0 amide bonds. The fraction of sp³-hybridized carbons (Fsp3) is 0.444. The average molecular weight is 255 g/mol. The van der Waals surface area contributed by atoms with Crippen molar-refractivity contribution in [2.24, 2.45) is 0 Å². The molecule has 0 spiro atoms. The van der Waals surface area contributed by atoms with E-state index in [1.165, 1.54) is 22.4 Å². The predicted molar refractivity (Wildman–Crippen MR) is 84.1 cm³/mol. The van der Waals surface area contributed by atoms with Crippen LogP contribution < -0.4 is 5.32 Å². The van der Waals surface area contributed by atoms with Gasteiger partial charge in [-0.25, -0.2) is 0 Å². The van der Waals surface area contributed by atoms with Crippen LogP contribution in [0, 0.1) is 0 Å². The van der Waals surface area contributed by atoms with Crippen molar-refractivity contribution >= 4 is 5.57 Å². The predicted octanol–water partition coefficient (Wildman–Crippen LogP) is 4.65. The third-order valence-electron chi connectivity index (χ3n) is 3.64. The SMILES string of the molecule is CCC1=CC(c2ccc(C(C)(C)C)cc2)=CC(C)N1. The van der Waals surface area contributed by atoms with Crippen LogP contribution >= 0.6 is 0 Å². The van der Waals surface area contributed by atoms with E-state index in [0.717, 1.165) is 6.42 Å². The maximum absolute atomic E-state index is 3.49. The van der Waals surface area contributed by atoms with Gasteiger partial charge in [-0.1, -0.05) is 58.0 Å². The van der Waals surface area contributed by atoms with E-state index in [4.69, 9.17) is 0 Å². The molecule has 0 radical (unpaired) electrons. The number of nitrogens with one attached hydrogen (secondary N) is 1. The summed E-state index contributed by atoms with van der Waals surface area (Å²) in [6.45, 7) is 11.2. The molecule has 1 aliphatic rings. The first kappa shape index (κ1) is 13.9. The molecule has 1 atom stereocenters. The Labute approximate surface area is 117 Å². The third-order valence-corrected chi connectivity index (χ3v) is 3.64. The molecule has 1 aliphatic heterocycles. The van der Waals surface area contributed by atoms with Crippen molar-refractivity contribution in [2.75, 3.05) is 0 Å². The Kier molecular flexibility index (Phi) is 3.84. The molecule has 0 aliphatic carbocycles. The number of allylic oxidation sites excluding steroid dienone is 3. The van der Waals surface area contributed by atoms with Gasteiger partial charge in [0.1, 0.15) is 0 Å². The van der Waals surface area contributed by atoms with Crippen LogP contribution in [0.1, 0.15) is 52.2 Å². The molecule has 1 aromatic rings. The Morgan fingerprint density at radius 3 is 2.26 bits per heavy atom. The largest absolute Gasteiger partial charge is 0.382 e. The summed E-state index contributed by atoms with van der Waals surface area (Å²) in [5, 5.41) is 3.49. The molecule has 102 valence electrons. The van der Waals surface area contributed by atoms with Crippen molar-refractivity contribution in [2.45, 2.75) is 52.5 Å². The first-order valence-electron chi connectivity index (χ1n) is 7.20. The molecule has 0 saturated carbocycles. The van der Waals surface area contributed by atoms with Crippen molar-refractivity contribution < 1.29 is 0 Å². The summed E-state index contributed by atoms with van der Waals surface area (Å²) in [4.78, 5) is 0. The highest BCUT2D eigenvalue weighted by molar-refractivity contribution is 5.76. The van der Waals surface area contributed by atoms with Crippen LogP contribution in [-0.4, -0.2) is 6.04 Å². The third kappa shape index (κ3) is 3.28. The van der Waals surface area contributed by atoms with Crippen LogP contribution in [0.4, 0.5) is 0 Å².